The molecule has 0 saturated heterocycles. The molecule has 0 saturated carbocycles. The van der Waals surface area contributed by atoms with Crippen molar-refractivity contribution in [1.82, 2.24) is 9.97 Å². The summed E-state index contributed by atoms with van der Waals surface area (Å²) in [6, 6.07) is 1.93. The van der Waals surface area contributed by atoms with Crippen molar-refractivity contribution in [1.29, 1.82) is 0 Å². The van der Waals surface area contributed by atoms with Crippen molar-refractivity contribution in [3.05, 3.63) is 17.6 Å². The fourth-order valence-electron chi connectivity index (χ4n) is 1.28. The first-order valence-corrected chi connectivity index (χ1v) is 5.25. The highest BCUT2D eigenvalue weighted by Gasteiger charge is 1.98. The molecule has 0 spiro atoms. The number of rotatable bonds is 5. The highest BCUT2D eigenvalue weighted by atomic mass is 16.5. The molecule has 4 heteroatoms. The Labute approximate surface area is 91.1 Å². The van der Waals surface area contributed by atoms with Gasteiger partial charge in [0, 0.05) is 18.3 Å². The molecular weight excluding hydrogens is 190 g/mol. The SMILES string of the molecule is Cc1cc(NCCOC(C)C)nc(C)n1. The quantitative estimate of drug-likeness (QED) is 0.753. The van der Waals surface area contributed by atoms with E-state index >= 15 is 0 Å². The predicted octanol–water partition coefficient (Wildman–Crippen LogP) is 1.93. The maximum Gasteiger partial charge on any atom is 0.129 e. The molecule has 1 rings (SSSR count). The normalized spacial score (nSPS) is 10.7. The number of hydrogen-bond acceptors (Lipinski definition) is 4. The maximum atomic E-state index is 5.42. The van der Waals surface area contributed by atoms with E-state index in [0.717, 1.165) is 23.9 Å². The van der Waals surface area contributed by atoms with Gasteiger partial charge in [-0.1, -0.05) is 0 Å². The summed E-state index contributed by atoms with van der Waals surface area (Å²) in [7, 11) is 0. The molecule has 0 aliphatic carbocycles. The summed E-state index contributed by atoms with van der Waals surface area (Å²) in [6.45, 7) is 9.37. The summed E-state index contributed by atoms with van der Waals surface area (Å²) in [5, 5.41) is 3.21. The Bertz CT molecular complexity index is 292. The number of aryl methyl sites for hydroxylation is 2. The number of anilines is 1. The predicted molar refractivity (Wildman–Crippen MR) is 61.1 cm³/mol. The van der Waals surface area contributed by atoms with E-state index < -0.39 is 0 Å². The lowest BCUT2D eigenvalue weighted by atomic mass is 10.4. The van der Waals surface area contributed by atoms with Gasteiger partial charge in [0.15, 0.2) is 0 Å². The third kappa shape index (κ3) is 4.74. The van der Waals surface area contributed by atoms with Crippen LogP contribution in [0, 0.1) is 13.8 Å². The molecule has 1 aromatic heterocycles. The van der Waals surface area contributed by atoms with E-state index in [4.69, 9.17) is 4.74 Å². The van der Waals surface area contributed by atoms with Gasteiger partial charge in [0.05, 0.1) is 12.7 Å². The minimum Gasteiger partial charge on any atom is -0.377 e. The van der Waals surface area contributed by atoms with Crippen LogP contribution in [0.25, 0.3) is 0 Å². The molecule has 15 heavy (non-hydrogen) atoms. The average Bonchev–Trinajstić information content (AvgIpc) is 2.10. The van der Waals surface area contributed by atoms with Gasteiger partial charge in [0.25, 0.3) is 0 Å². The Morgan fingerprint density at radius 1 is 1.33 bits per heavy atom. The summed E-state index contributed by atoms with van der Waals surface area (Å²) < 4.78 is 5.42. The Balaban J connectivity index is 2.37. The molecule has 0 unspecified atom stereocenters. The summed E-state index contributed by atoms with van der Waals surface area (Å²) in [5.74, 6) is 1.66. The van der Waals surface area contributed by atoms with Crippen molar-refractivity contribution < 1.29 is 4.74 Å². The second kappa shape index (κ2) is 5.66. The minimum absolute atomic E-state index is 0.278. The van der Waals surface area contributed by atoms with Crippen LogP contribution in [-0.4, -0.2) is 29.2 Å². The monoisotopic (exact) mass is 209 g/mol. The Kier molecular flexibility index (Phi) is 4.49. The van der Waals surface area contributed by atoms with Crippen LogP contribution in [0.3, 0.4) is 0 Å². The van der Waals surface area contributed by atoms with E-state index in [9.17, 15) is 0 Å². The zero-order chi connectivity index (χ0) is 11.3. The number of nitrogens with one attached hydrogen (secondary N) is 1. The van der Waals surface area contributed by atoms with Gasteiger partial charge in [-0.05, 0) is 27.7 Å². The van der Waals surface area contributed by atoms with Gasteiger partial charge >= 0.3 is 0 Å². The Hall–Kier alpha value is -1.16. The molecule has 0 atom stereocenters. The molecule has 0 aromatic carbocycles. The minimum atomic E-state index is 0.278. The topological polar surface area (TPSA) is 47.0 Å². The van der Waals surface area contributed by atoms with Crippen molar-refractivity contribution in [3.63, 3.8) is 0 Å². The Morgan fingerprint density at radius 2 is 2.07 bits per heavy atom. The van der Waals surface area contributed by atoms with Crippen LogP contribution in [0.15, 0.2) is 6.07 Å². The van der Waals surface area contributed by atoms with Crippen LogP contribution in [0.1, 0.15) is 25.4 Å². The number of hydrogen-bond donors (Lipinski definition) is 1. The van der Waals surface area contributed by atoms with Crippen LogP contribution in [-0.2, 0) is 4.74 Å². The third-order valence-corrected chi connectivity index (χ3v) is 1.83. The largest absolute Gasteiger partial charge is 0.377 e. The van der Waals surface area contributed by atoms with Crippen LogP contribution in [0.5, 0.6) is 0 Å². The molecule has 4 nitrogen and oxygen atoms in total. The first-order valence-electron chi connectivity index (χ1n) is 5.25. The summed E-state index contributed by atoms with van der Waals surface area (Å²) in [5.41, 5.74) is 0.981. The molecule has 0 bridgehead atoms. The van der Waals surface area contributed by atoms with Gasteiger partial charge in [0.1, 0.15) is 11.6 Å². The molecule has 1 N–H and O–H groups in total. The Morgan fingerprint density at radius 3 is 2.67 bits per heavy atom. The molecular formula is C11H19N3O. The molecule has 0 amide bonds. The second-order valence-electron chi connectivity index (χ2n) is 3.79. The van der Waals surface area contributed by atoms with Crippen LogP contribution >= 0.6 is 0 Å². The van der Waals surface area contributed by atoms with Gasteiger partial charge in [-0.25, -0.2) is 9.97 Å². The van der Waals surface area contributed by atoms with Crippen molar-refractivity contribution in [2.24, 2.45) is 0 Å². The van der Waals surface area contributed by atoms with E-state index in [1.807, 2.05) is 33.8 Å². The van der Waals surface area contributed by atoms with Crippen molar-refractivity contribution >= 4 is 5.82 Å². The highest BCUT2D eigenvalue weighted by Crippen LogP contribution is 2.04. The number of ether oxygens (including phenoxy) is 1. The molecule has 1 aromatic rings. The van der Waals surface area contributed by atoms with Gasteiger partial charge in [-0.15, -0.1) is 0 Å². The third-order valence-electron chi connectivity index (χ3n) is 1.83. The fourth-order valence-corrected chi connectivity index (χ4v) is 1.28. The lowest BCUT2D eigenvalue weighted by Crippen LogP contribution is -2.14. The molecule has 1 heterocycles. The molecule has 0 aliphatic heterocycles. The second-order valence-corrected chi connectivity index (χ2v) is 3.79. The zero-order valence-corrected chi connectivity index (χ0v) is 9.87. The molecule has 0 fully saturated rings. The summed E-state index contributed by atoms with van der Waals surface area (Å²) in [6.07, 6.45) is 0.278. The first kappa shape index (κ1) is 11.9. The standard InChI is InChI=1S/C11H19N3O/c1-8(2)15-6-5-12-11-7-9(3)13-10(4)14-11/h7-8H,5-6H2,1-4H3,(H,12,13,14). The van der Waals surface area contributed by atoms with Crippen LogP contribution in [0.4, 0.5) is 5.82 Å². The van der Waals surface area contributed by atoms with Crippen LogP contribution in [0.2, 0.25) is 0 Å². The van der Waals surface area contributed by atoms with E-state index in [2.05, 4.69) is 15.3 Å². The summed E-state index contributed by atoms with van der Waals surface area (Å²) in [4.78, 5) is 8.48. The lowest BCUT2D eigenvalue weighted by molar-refractivity contribution is 0.0870. The van der Waals surface area contributed by atoms with Crippen LogP contribution < -0.4 is 5.32 Å². The van der Waals surface area contributed by atoms with Gasteiger partial charge in [-0.2, -0.15) is 0 Å². The van der Waals surface area contributed by atoms with Gasteiger partial charge in [-0.3, -0.25) is 0 Å². The van der Waals surface area contributed by atoms with Crippen molar-refractivity contribution in [2.75, 3.05) is 18.5 Å². The number of aromatic nitrogens is 2. The maximum absolute atomic E-state index is 5.42. The lowest BCUT2D eigenvalue weighted by Gasteiger charge is -2.09. The van der Waals surface area contributed by atoms with E-state index in [0.29, 0.717) is 6.61 Å². The molecule has 0 aliphatic rings. The highest BCUT2D eigenvalue weighted by molar-refractivity contribution is 5.35. The molecule has 84 valence electrons. The van der Waals surface area contributed by atoms with E-state index in [-0.39, 0.29) is 6.10 Å². The fraction of sp³-hybridized carbons (Fsp3) is 0.636. The van der Waals surface area contributed by atoms with Crippen molar-refractivity contribution in [3.8, 4) is 0 Å². The van der Waals surface area contributed by atoms with E-state index in [1.54, 1.807) is 0 Å². The zero-order valence-electron chi connectivity index (χ0n) is 9.87. The van der Waals surface area contributed by atoms with Crippen molar-refractivity contribution in [2.45, 2.75) is 33.8 Å². The smallest absolute Gasteiger partial charge is 0.129 e. The molecule has 0 radical (unpaired) electrons. The van der Waals surface area contributed by atoms with Gasteiger partial charge < -0.3 is 10.1 Å². The van der Waals surface area contributed by atoms with E-state index in [1.165, 1.54) is 0 Å². The number of nitrogens with zero attached hydrogens (tertiary/aromatic N) is 2. The van der Waals surface area contributed by atoms with Gasteiger partial charge in [0.2, 0.25) is 0 Å². The summed E-state index contributed by atoms with van der Waals surface area (Å²) >= 11 is 0. The first-order chi connectivity index (χ1) is 7.08. The average molecular weight is 209 g/mol.